The van der Waals surface area contributed by atoms with Crippen LogP contribution in [0.15, 0.2) is 57.5 Å². The monoisotopic (exact) mass is 752 g/mol. The molecular formula is C25H12Br2F10N2O4. The minimum atomic E-state index is -6.40. The number of hydrogen-bond donors (Lipinski definition) is 1. The number of fused-ring (bicyclic) bond motifs is 1. The minimum Gasteiger partial charge on any atom is -0.395 e. The van der Waals surface area contributed by atoms with E-state index in [1.807, 2.05) is 0 Å². The number of carbonyl (C=O) groups is 2. The quantitative estimate of drug-likeness (QED) is 0.266. The molecule has 18 heteroatoms. The van der Waals surface area contributed by atoms with Crippen molar-refractivity contribution >= 4 is 55.0 Å². The van der Waals surface area contributed by atoms with Crippen LogP contribution in [0.5, 0.6) is 11.5 Å². The number of rotatable bonds is 5. The molecule has 0 spiro atoms. The SMILES string of the molecule is CN(C(=O)c1ccc2c(c1)OC(F)(F)O2)c1cccc(C(=O)Nc2c(Br)cc(C(F)(C(F)(F)F)C(F)(F)F)cc2Br)c1F. The van der Waals surface area contributed by atoms with Crippen LogP contribution < -0.4 is 19.7 Å². The Labute approximate surface area is 250 Å². The van der Waals surface area contributed by atoms with E-state index in [2.05, 4.69) is 46.7 Å². The second-order valence-electron chi connectivity index (χ2n) is 8.75. The molecule has 4 rings (SSSR count). The van der Waals surface area contributed by atoms with Gasteiger partial charge in [-0.3, -0.25) is 9.59 Å². The van der Waals surface area contributed by atoms with Gasteiger partial charge in [-0.05, 0) is 74.3 Å². The van der Waals surface area contributed by atoms with Crippen LogP contribution in [0.3, 0.4) is 0 Å². The Hall–Kier alpha value is -3.54. The van der Waals surface area contributed by atoms with Gasteiger partial charge in [-0.2, -0.15) is 26.3 Å². The summed E-state index contributed by atoms with van der Waals surface area (Å²) in [6.07, 6.45) is -16.7. The second kappa shape index (κ2) is 10.9. The molecule has 3 aromatic rings. The van der Waals surface area contributed by atoms with Crippen molar-refractivity contribution in [3.05, 3.63) is 80.0 Å². The van der Waals surface area contributed by atoms with E-state index in [-0.39, 0.29) is 23.4 Å². The molecule has 1 aliphatic heterocycles. The lowest BCUT2D eigenvalue weighted by atomic mass is 9.94. The Morgan fingerprint density at radius 3 is 1.98 bits per heavy atom. The number of alkyl halides is 9. The average molecular weight is 754 g/mol. The van der Waals surface area contributed by atoms with E-state index < -0.39 is 79.1 Å². The molecule has 0 saturated heterocycles. The predicted octanol–water partition coefficient (Wildman–Crippen LogP) is 8.49. The molecule has 6 nitrogen and oxygen atoms in total. The van der Waals surface area contributed by atoms with Crippen LogP contribution in [0.1, 0.15) is 26.3 Å². The van der Waals surface area contributed by atoms with Gasteiger partial charge in [0.25, 0.3) is 11.8 Å². The van der Waals surface area contributed by atoms with E-state index in [1.165, 1.54) is 0 Å². The van der Waals surface area contributed by atoms with Gasteiger partial charge in [-0.15, -0.1) is 8.78 Å². The van der Waals surface area contributed by atoms with E-state index >= 15 is 4.39 Å². The lowest BCUT2D eigenvalue weighted by Crippen LogP contribution is -2.50. The van der Waals surface area contributed by atoms with Gasteiger partial charge in [-0.1, -0.05) is 6.07 Å². The maximum absolute atomic E-state index is 15.4. The molecule has 0 saturated carbocycles. The Morgan fingerprint density at radius 2 is 1.42 bits per heavy atom. The normalized spacial score (nSPS) is 14.4. The molecule has 0 atom stereocenters. The third-order valence-electron chi connectivity index (χ3n) is 6.00. The van der Waals surface area contributed by atoms with Crippen molar-refractivity contribution in [2.75, 3.05) is 17.3 Å². The summed E-state index contributed by atoms with van der Waals surface area (Å²) in [5.41, 5.74) is -9.53. The molecule has 230 valence electrons. The smallest absolute Gasteiger partial charge is 0.395 e. The zero-order valence-electron chi connectivity index (χ0n) is 20.7. The van der Waals surface area contributed by atoms with Crippen LogP contribution in [0, 0.1) is 5.82 Å². The topological polar surface area (TPSA) is 67.9 Å². The Morgan fingerprint density at radius 1 is 0.860 bits per heavy atom. The molecule has 3 aromatic carbocycles. The lowest BCUT2D eigenvalue weighted by molar-refractivity contribution is -0.348. The summed E-state index contributed by atoms with van der Waals surface area (Å²) in [6.45, 7) is 0. The number of halogens is 12. The number of nitrogens with zero attached hydrogens (tertiary/aromatic N) is 1. The lowest BCUT2D eigenvalue weighted by Gasteiger charge is -2.31. The Bertz CT molecular complexity index is 1590. The van der Waals surface area contributed by atoms with E-state index in [1.54, 1.807) is 0 Å². The van der Waals surface area contributed by atoms with Crippen LogP contribution in [0.2, 0.25) is 0 Å². The fourth-order valence-corrected chi connectivity index (χ4v) is 5.28. The summed E-state index contributed by atoms with van der Waals surface area (Å²) >= 11 is 5.39. The number of carbonyl (C=O) groups excluding carboxylic acids is 2. The van der Waals surface area contributed by atoms with Gasteiger partial charge in [0.2, 0.25) is 0 Å². The number of benzene rings is 3. The first-order chi connectivity index (χ1) is 19.7. The van der Waals surface area contributed by atoms with Gasteiger partial charge >= 0.3 is 24.3 Å². The van der Waals surface area contributed by atoms with E-state index in [0.717, 1.165) is 48.3 Å². The summed E-state index contributed by atoms with van der Waals surface area (Å²) < 4.78 is 143. The van der Waals surface area contributed by atoms with Gasteiger partial charge in [0, 0.05) is 27.1 Å². The Balaban J connectivity index is 1.62. The van der Waals surface area contributed by atoms with Gasteiger partial charge in [0.05, 0.1) is 16.9 Å². The highest BCUT2D eigenvalue weighted by molar-refractivity contribution is 9.11. The fourth-order valence-electron chi connectivity index (χ4n) is 3.90. The molecule has 0 fully saturated rings. The number of ether oxygens (including phenoxy) is 2. The molecule has 43 heavy (non-hydrogen) atoms. The molecule has 1 N–H and O–H groups in total. The largest absolute Gasteiger partial charge is 0.586 e. The van der Waals surface area contributed by atoms with Crippen molar-refractivity contribution in [3.8, 4) is 11.5 Å². The third-order valence-corrected chi connectivity index (χ3v) is 7.25. The number of hydrogen-bond acceptors (Lipinski definition) is 4. The zero-order valence-corrected chi connectivity index (χ0v) is 23.9. The van der Waals surface area contributed by atoms with Gasteiger partial charge in [0.15, 0.2) is 17.3 Å². The van der Waals surface area contributed by atoms with Crippen molar-refractivity contribution in [1.29, 1.82) is 0 Å². The molecule has 0 unspecified atom stereocenters. The van der Waals surface area contributed by atoms with Crippen LogP contribution >= 0.6 is 31.9 Å². The van der Waals surface area contributed by atoms with Crippen molar-refractivity contribution in [2.24, 2.45) is 0 Å². The van der Waals surface area contributed by atoms with Crippen LogP contribution in [-0.2, 0) is 5.67 Å². The molecule has 0 radical (unpaired) electrons. The number of nitrogens with one attached hydrogen (secondary N) is 1. The first kappa shape index (κ1) is 32.4. The summed E-state index contributed by atoms with van der Waals surface area (Å²) in [7, 11) is 1.10. The Kier molecular flexibility index (Phi) is 8.18. The molecular weight excluding hydrogens is 742 g/mol. The number of amides is 2. The number of anilines is 2. The maximum atomic E-state index is 15.4. The molecule has 0 bridgehead atoms. The highest BCUT2D eigenvalue weighted by atomic mass is 79.9. The van der Waals surface area contributed by atoms with Crippen LogP contribution in [0.4, 0.5) is 55.3 Å². The standard InChI is InChI=1S/C25H12Br2F10N2O4/c1-39(21(41)10-5-6-16-17(7-10)43-25(36,37)42-16)15-4-2-3-12(18(15)28)20(40)38-19-13(26)8-11(9-14(19)27)22(29,23(30,31)32)24(33,34)35/h2-9H,1H3,(H,38,40). The summed E-state index contributed by atoms with van der Waals surface area (Å²) in [5.74, 6) is -4.30. The fraction of sp³-hybridized carbons (Fsp3) is 0.200. The van der Waals surface area contributed by atoms with Crippen molar-refractivity contribution in [2.45, 2.75) is 24.3 Å². The average Bonchev–Trinajstić information content (AvgIpc) is 3.20. The predicted molar refractivity (Wildman–Crippen MR) is 136 cm³/mol. The minimum absolute atomic E-state index is 0.155. The highest BCUT2D eigenvalue weighted by Crippen LogP contribution is 2.54. The molecule has 0 aliphatic carbocycles. The summed E-state index contributed by atoms with van der Waals surface area (Å²) in [4.78, 5) is 26.6. The third kappa shape index (κ3) is 5.85. The zero-order chi connectivity index (χ0) is 32.3. The molecule has 1 heterocycles. The summed E-state index contributed by atoms with van der Waals surface area (Å²) in [5, 5.41) is 2.09. The first-order valence-electron chi connectivity index (χ1n) is 11.3. The van der Waals surface area contributed by atoms with Crippen LogP contribution in [-0.4, -0.2) is 37.5 Å². The van der Waals surface area contributed by atoms with Crippen molar-refractivity contribution < 1.29 is 63.0 Å². The highest BCUT2D eigenvalue weighted by Gasteiger charge is 2.73. The van der Waals surface area contributed by atoms with Gasteiger partial charge in [-0.25, -0.2) is 8.78 Å². The van der Waals surface area contributed by atoms with Crippen molar-refractivity contribution in [3.63, 3.8) is 0 Å². The van der Waals surface area contributed by atoms with Gasteiger partial charge < -0.3 is 19.7 Å². The summed E-state index contributed by atoms with van der Waals surface area (Å²) in [6, 6.07) is 6.53. The maximum Gasteiger partial charge on any atom is 0.586 e. The molecule has 2 amide bonds. The van der Waals surface area contributed by atoms with E-state index in [0.29, 0.717) is 0 Å². The van der Waals surface area contributed by atoms with Crippen molar-refractivity contribution in [1.82, 2.24) is 0 Å². The van der Waals surface area contributed by atoms with Crippen LogP contribution in [0.25, 0.3) is 0 Å². The van der Waals surface area contributed by atoms with Gasteiger partial charge in [0.1, 0.15) is 0 Å². The van der Waals surface area contributed by atoms with E-state index in [9.17, 15) is 49.1 Å². The molecule has 0 aromatic heterocycles. The second-order valence-corrected chi connectivity index (χ2v) is 10.5. The van der Waals surface area contributed by atoms with E-state index in [4.69, 9.17) is 0 Å². The molecule has 1 aliphatic rings. The first-order valence-corrected chi connectivity index (χ1v) is 12.9.